The lowest BCUT2D eigenvalue weighted by Crippen LogP contribution is -2.19. The minimum absolute atomic E-state index is 0.00756. The van der Waals surface area contributed by atoms with E-state index in [2.05, 4.69) is 15.1 Å². The highest BCUT2D eigenvalue weighted by Crippen LogP contribution is 2.33. The van der Waals surface area contributed by atoms with Crippen molar-refractivity contribution in [2.45, 2.75) is 32.6 Å². The van der Waals surface area contributed by atoms with Gasteiger partial charge in [0.1, 0.15) is 0 Å². The van der Waals surface area contributed by atoms with E-state index < -0.39 is 6.43 Å². The largest absolute Gasteiger partial charge is 0.367 e. The molecular weight excluding hydrogens is 338 g/mol. The number of nitrogen functional groups attached to an aromatic ring is 1. The van der Waals surface area contributed by atoms with E-state index in [1.165, 1.54) is 0 Å². The molecule has 1 unspecified atom stereocenters. The zero-order valence-electron chi connectivity index (χ0n) is 14.2. The first kappa shape index (κ1) is 16.6. The third-order valence-corrected chi connectivity index (χ3v) is 4.72. The quantitative estimate of drug-likeness (QED) is 0.773. The molecule has 134 valence electrons. The number of anilines is 1. The molecule has 1 aliphatic rings. The number of aromatic nitrogens is 4. The summed E-state index contributed by atoms with van der Waals surface area (Å²) in [4.78, 5) is 13.4. The molecule has 0 spiro atoms. The van der Waals surface area contributed by atoms with Crippen molar-refractivity contribution in [3.8, 4) is 11.3 Å². The molecule has 0 radical (unpaired) electrons. The topological polar surface area (TPSA) is 81.5 Å². The Kier molecular flexibility index (Phi) is 4.10. The Morgan fingerprint density at radius 1 is 1.31 bits per heavy atom. The van der Waals surface area contributed by atoms with E-state index in [4.69, 9.17) is 10.7 Å². The van der Waals surface area contributed by atoms with Gasteiger partial charge in [-0.25, -0.2) is 18.3 Å². The van der Waals surface area contributed by atoms with Crippen LogP contribution in [0.25, 0.3) is 16.8 Å². The highest BCUT2D eigenvalue weighted by molar-refractivity contribution is 5.89. The van der Waals surface area contributed by atoms with Gasteiger partial charge >= 0.3 is 0 Å². The SMILES string of the molecule is CC1=Nc2ccc(-c3ccn4nc(N)ncc34)nc2CC1CCC(F)F. The standard InChI is InChI=1S/C18H18F2N6/c1-10-11(2-5-17(19)20)8-15-14(23-10)4-3-13(24-15)12-6-7-26-16(12)9-22-18(21)25-26/h3-4,6-7,9,11,17H,2,5,8H2,1H3,(H2,21,25). The van der Waals surface area contributed by atoms with Crippen LogP contribution in [0.15, 0.2) is 35.6 Å². The van der Waals surface area contributed by atoms with Gasteiger partial charge in [-0.05, 0) is 38.0 Å². The van der Waals surface area contributed by atoms with E-state index >= 15 is 0 Å². The normalized spacial score (nSPS) is 16.8. The van der Waals surface area contributed by atoms with Gasteiger partial charge < -0.3 is 5.73 Å². The van der Waals surface area contributed by atoms with E-state index in [1.807, 2.05) is 25.1 Å². The summed E-state index contributed by atoms with van der Waals surface area (Å²) in [6.45, 7) is 1.90. The third-order valence-electron chi connectivity index (χ3n) is 4.72. The summed E-state index contributed by atoms with van der Waals surface area (Å²) < 4.78 is 26.8. The van der Waals surface area contributed by atoms with Crippen molar-refractivity contribution >= 4 is 22.9 Å². The Hall–Kier alpha value is -2.90. The molecule has 0 aliphatic carbocycles. The first-order valence-electron chi connectivity index (χ1n) is 8.45. The van der Waals surface area contributed by atoms with Gasteiger partial charge in [0.2, 0.25) is 12.4 Å². The molecule has 26 heavy (non-hydrogen) atoms. The lowest BCUT2D eigenvalue weighted by atomic mass is 9.90. The van der Waals surface area contributed by atoms with Crippen LogP contribution in [0, 0.1) is 5.92 Å². The third kappa shape index (κ3) is 3.02. The maximum atomic E-state index is 12.6. The molecule has 4 rings (SSSR count). The Morgan fingerprint density at radius 2 is 2.15 bits per heavy atom. The second kappa shape index (κ2) is 6.44. The minimum Gasteiger partial charge on any atom is -0.367 e. The second-order valence-electron chi connectivity index (χ2n) is 6.46. The monoisotopic (exact) mass is 356 g/mol. The lowest BCUT2D eigenvalue weighted by Gasteiger charge is -2.22. The molecule has 4 heterocycles. The number of rotatable bonds is 4. The Labute approximate surface area is 148 Å². The molecule has 0 saturated heterocycles. The number of alkyl halides is 2. The highest BCUT2D eigenvalue weighted by atomic mass is 19.3. The van der Waals surface area contributed by atoms with E-state index in [-0.39, 0.29) is 18.3 Å². The number of nitrogens with two attached hydrogens (primary N) is 1. The minimum atomic E-state index is -2.29. The summed E-state index contributed by atoms with van der Waals surface area (Å²) in [6, 6.07) is 5.73. The molecule has 6 nitrogen and oxygen atoms in total. The van der Waals surface area contributed by atoms with Crippen molar-refractivity contribution < 1.29 is 8.78 Å². The highest BCUT2D eigenvalue weighted by Gasteiger charge is 2.23. The fourth-order valence-electron chi connectivity index (χ4n) is 3.33. The summed E-state index contributed by atoms with van der Waals surface area (Å²) in [7, 11) is 0. The predicted octanol–water partition coefficient (Wildman–Crippen LogP) is 3.68. The molecule has 0 aromatic carbocycles. The number of nitrogens with zero attached hydrogens (tertiary/aromatic N) is 5. The van der Waals surface area contributed by atoms with Gasteiger partial charge in [0.25, 0.3) is 0 Å². The molecule has 3 aromatic rings. The predicted molar refractivity (Wildman–Crippen MR) is 95.8 cm³/mol. The molecule has 3 aromatic heterocycles. The molecule has 0 saturated carbocycles. The lowest BCUT2D eigenvalue weighted by molar-refractivity contribution is 0.131. The smallest absolute Gasteiger partial charge is 0.238 e. The van der Waals surface area contributed by atoms with Gasteiger partial charge in [-0.2, -0.15) is 0 Å². The number of hydrogen-bond acceptors (Lipinski definition) is 5. The average molecular weight is 356 g/mol. The van der Waals surface area contributed by atoms with Crippen molar-refractivity contribution in [3.05, 3.63) is 36.3 Å². The van der Waals surface area contributed by atoms with Gasteiger partial charge in [-0.3, -0.25) is 9.98 Å². The Balaban J connectivity index is 1.68. The van der Waals surface area contributed by atoms with Crippen LogP contribution in [0.3, 0.4) is 0 Å². The van der Waals surface area contributed by atoms with E-state index in [9.17, 15) is 8.78 Å². The number of pyridine rings is 1. The summed E-state index contributed by atoms with van der Waals surface area (Å²) >= 11 is 0. The van der Waals surface area contributed by atoms with Crippen LogP contribution in [0.2, 0.25) is 0 Å². The van der Waals surface area contributed by atoms with Crippen LogP contribution in [0.5, 0.6) is 0 Å². The molecule has 1 aliphatic heterocycles. The van der Waals surface area contributed by atoms with Crippen LogP contribution in [-0.4, -0.2) is 31.7 Å². The van der Waals surface area contributed by atoms with Gasteiger partial charge in [0.15, 0.2) is 0 Å². The number of aliphatic imine (C=N–C) groups is 1. The fourth-order valence-corrected chi connectivity index (χ4v) is 3.33. The van der Waals surface area contributed by atoms with Crippen molar-refractivity contribution in [1.29, 1.82) is 0 Å². The van der Waals surface area contributed by atoms with Crippen LogP contribution in [0.1, 0.15) is 25.5 Å². The molecule has 0 bridgehead atoms. The molecule has 0 amide bonds. The van der Waals surface area contributed by atoms with Gasteiger partial charge in [-0.1, -0.05) is 0 Å². The van der Waals surface area contributed by atoms with Gasteiger partial charge in [0.05, 0.1) is 28.8 Å². The summed E-state index contributed by atoms with van der Waals surface area (Å²) in [6.07, 6.45) is 2.10. The molecule has 0 fully saturated rings. The van der Waals surface area contributed by atoms with Crippen molar-refractivity contribution in [1.82, 2.24) is 19.6 Å². The van der Waals surface area contributed by atoms with Crippen LogP contribution < -0.4 is 5.73 Å². The maximum Gasteiger partial charge on any atom is 0.238 e. The average Bonchev–Trinajstić information content (AvgIpc) is 3.02. The van der Waals surface area contributed by atoms with E-state index in [1.54, 1.807) is 16.9 Å². The van der Waals surface area contributed by atoms with Gasteiger partial charge in [-0.15, -0.1) is 5.10 Å². The van der Waals surface area contributed by atoms with Crippen molar-refractivity contribution in [2.75, 3.05) is 5.73 Å². The Morgan fingerprint density at radius 3 is 2.96 bits per heavy atom. The molecule has 1 atom stereocenters. The first-order chi connectivity index (χ1) is 12.5. The molecule has 2 N–H and O–H groups in total. The maximum absolute atomic E-state index is 12.6. The summed E-state index contributed by atoms with van der Waals surface area (Å²) in [5.41, 5.74) is 10.6. The van der Waals surface area contributed by atoms with Gasteiger partial charge in [0, 0.05) is 29.8 Å². The van der Waals surface area contributed by atoms with E-state index in [0.717, 1.165) is 33.9 Å². The first-order valence-corrected chi connectivity index (χ1v) is 8.45. The zero-order valence-corrected chi connectivity index (χ0v) is 14.2. The Bertz CT molecular complexity index is 995. The second-order valence-corrected chi connectivity index (χ2v) is 6.46. The summed E-state index contributed by atoms with van der Waals surface area (Å²) in [5, 5.41) is 4.13. The number of halogens is 2. The van der Waals surface area contributed by atoms with E-state index in [0.29, 0.717) is 12.8 Å². The van der Waals surface area contributed by atoms with Crippen LogP contribution in [0.4, 0.5) is 20.4 Å². The molecular formula is C18H18F2N6. The fraction of sp³-hybridized carbons (Fsp3) is 0.333. The van der Waals surface area contributed by atoms with Crippen LogP contribution in [-0.2, 0) is 6.42 Å². The summed E-state index contributed by atoms with van der Waals surface area (Å²) in [5.74, 6) is 0.206. The van der Waals surface area contributed by atoms with Crippen molar-refractivity contribution in [2.24, 2.45) is 10.9 Å². The number of hydrogen-bond donors (Lipinski definition) is 1. The van der Waals surface area contributed by atoms with Crippen LogP contribution >= 0.6 is 0 Å². The zero-order chi connectivity index (χ0) is 18.3. The van der Waals surface area contributed by atoms with Crippen molar-refractivity contribution in [3.63, 3.8) is 0 Å². The molecule has 8 heteroatoms. The number of fused-ring (bicyclic) bond motifs is 2.